The van der Waals surface area contributed by atoms with E-state index in [1.54, 1.807) is 0 Å². The van der Waals surface area contributed by atoms with Crippen molar-refractivity contribution in [3.05, 3.63) is 57.7 Å². The van der Waals surface area contributed by atoms with Gasteiger partial charge in [0.25, 0.3) is 5.91 Å². The van der Waals surface area contributed by atoms with Crippen LogP contribution < -0.4 is 14.9 Å². The topological polar surface area (TPSA) is 68.0 Å². The number of amides is 1. The molecule has 152 valence electrons. The molecule has 2 heterocycles. The van der Waals surface area contributed by atoms with Gasteiger partial charge in [0.2, 0.25) is 4.80 Å². The number of aromatic nitrogens is 1. The number of hydrogen-bond donors (Lipinski definition) is 1. The maximum absolute atomic E-state index is 11.7. The molecule has 5 rings (SSSR count). The number of hydrogen-bond acceptors (Lipinski definition) is 5. The molecule has 1 N–H and O–H groups in total. The summed E-state index contributed by atoms with van der Waals surface area (Å²) < 4.78 is 7.38. The molecular weight excluding hydrogens is 420 g/mol. The molecule has 0 spiro atoms. The van der Waals surface area contributed by atoms with E-state index in [9.17, 15) is 4.79 Å². The van der Waals surface area contributed by atoms with Crippen LogP contribution in [0.15, 0.2) is 57.9 Å². The van der Waals surface area contributed by atoms with Crippen LogP contribution in [-0.4, -0.2) is 22.9 Å². The van der Waals surface area contributed by atoms with Gasteiger partial charge in [-0.1, -0.05) is 23.7 Å². The van der Waals surface area contributed by atoms with Crippen LogP contribution in [0.1, 0.15) is 25.7 Å². The van der Waals surface area contributed by atoms with Crippen molar-refractivity contribution in [2.75, 3.05) is 11.9 Å². The fraction of sp³-hybridized carbons (Fsp3) is 0.227. The molecule has 30 heavy (non-hydrogen) atoms. The molecule has 1 fully saturated rings. The summed E-state index contributed by atoms with van der Waals surface area (Å²) in [7, 11) is 0. The number of nitrogens with zero attached hydrogens (tertiary/aromatic N) is 3. The highest BCUT2D eigenvalue weighted by Crippen LogP contribution is 2.33. The van der Waals surface area contributed by atoms with E-state index in [4.69, 9.17) is 26.4 Å². The summed E-state index contributed by atoms with van der Waals surface area (Å²) in [5, 5.41) is 10.4. The molecular formula is C22H19ClN4O2S. The van der Waals surface area contributed by atoms with E-state index in [0.29, 0.717) is 22.1 Å². The Labute approximate surface area is 182 Å². The summed E-state index contributed by atoms with van der Waals surface area (Å²) in [4.78, 5) is 17.2. The predicted octanol–water partition coefficient (Wildman–Crippen LogP) is 5.21. The zero-order valence-corrected chi connectivity index (χ0v) is 17.7. The lowest BCUT2D eigenvalue weighted by molar-refractivity contribution is -0.118. The Morgan fingerprint density at radius 1 is 1.13 bits per heavy atom. The van der Waals surface area contributed by atoms with Crippen molar-refractivity contribution in [2.24, 2.45) is 10.1 Å². The van der Waals surface area contributed by atoms with Gasteiger partial charge in [0, 0.05) is 16.7 Å². The minimum absolute atomic E-state index is 0.0410. The summed E-state index contributed by atoms with van der Waals surface area (Å²) in [6, 6.07) is 13.3. The second-order valence-corrected chi connectivity index (χ2v) is 8.44. The highest BCUT2D eigenvalue weighted by atomic mass is 35.5. The molecule has 0 bridgehead atoms. The van der Waals surface area contributed by atoms with Crippen LogP contribution in [0.2, 0.25) is 5.02 Å². The first-order valence-electron chi connectivity index (χ1n) is 9.81. The van der Waals surface area contributed by atoms with Gasteiger partial charge in [-0.25, -0.2) is 9.67 Å². The zero-order chi connectivity index (χ0) is 20.5. The standard InChI is InChI=1S/C22H19ClN4O2S/c23-16-7-3-4-8-17(16)25-22-27(26-15-5-1-2-6-15)19(13-30-22)14-9-10-20-18(11-14)24-21(28)12-29-20/h3-4,7-11,13H,1-2,5-6,12H2,(H,24,28). The molecule has 0 saturated heterocycles. The van der Waals surface area contributed by atoms with Crippen molar-refractivity contribution in [1.82, 2.24) is 4.68 Å². The van der Waals surface area contributed by atoms with Crippen LogP contribution in [0.25, 0.3) is 11.3 Å². The lowest BCUT2D eigenvalue weighted by Crippen LogP contribution is -2.25. The van der Waals surface area contributed by atoms with Gasteiger partial charge in [-0.2, -0.15) is 5.10 Å². The Morgan fingerprint density at radius 3 is 2.80 bits per heavy atom. The number of carbonyl (C=O) groups excluding carboxylic acids is 1. The van der Waals surface area contributed by atoms with Crippen LogP contribution in [0.3, 0.4) is 0 Å². The summed E-state index contributed by atoms with van der Waals surface area (Å²) in [6.07, 6.45) is 4.33. The van der Waals surface area contributed by atoms with E-state index in [1.165, 1.54) is 17.0 Å². The van der Waals surface area contributed by atoms with Gasteiger partial charge in [-0.15, -0.1) is 11.3 Å². The number of benzene rings is 2. The molecule has 1 aliphatic carbocycles. The van der Waals surface area contributed by atoms with Gasteiger partial charge in [0.05, 0.1) is 22.1 Å². The zero-order valence-electron chi connectivity index (χ0n) is 16.1. The molecule has 3 aromatic rings. The number of carbonyl (C=O) groups is 1. The van der Waals surface area contributed by atoms with E-state index in [1.807, 2.05) is 52.5 Å². The summed E-state index contributed by atoms with van der Waals surface area (Å²) in [5.74, 6) is 0.515. The number of anilines is 1. The van der Waals surface area contributed by atoms with Gasteiger partial charge >= 0.3 is 0 Å². The third-order valence-corrected chi connectivity index (χ3v) is 6.22. The summed E-state index contributed by atoms with van der Waals surface area (Å²) >= 11 is 7.83. The van der Waals surface area contributed by atoms with Gasteiger partial charge in [0.15, 0.2) is 6.61 Å². The van der Waals surface area contributed by atoms with Gasteiger partial charge < -0.3 is 10.1 Å². The van der Waals surface area contributed by atoms with Gasteiger partial charge in [-0.05, 0) is 56.0 Å². The minimum Gasteiger partial charge on any atom is -0.482 e. The number of fused-ring (bicyclic) bond motifs is 1. The fourth-order valence-electron chi connectivity index (χ4n) is 3.58. The third-order valence-electron chi connectivity index (χ3n) is 5.08. The molecule has 2 aromatic carbocycles. The maximum Gasteiger partial charge on any atom is 0.262 e. The SMILES string of the molecule is O=C1COc2ccc(-c3csc(=Nc4ccccc4Cl)n3N=C3CCCC3)cc2N1. The molecule has 8 heteroatoms. The van der Waals surface area contributed by atoms with E-state index >= 15 is 0 Å². The molecule has 1 amide bonds. The van der Waals surface area contributed by atoms with Crippen molar-refractivity contribution in [2.45, 2.75) is 25.7 Å². The van der Waals surface area contributed by atoms with Crippen LogP contribution in [0.5, 0.6) is 5.75 Å². The fourth-order valence-corrected chi connectivity index (χ4v) is 4.61. The number of ether oxygens (including phenoxy) is 1. The summed E-state index contributed by atoms with van der Waals surface area (Å²) in [5.41, 5.74) is 4.38. The average molecular weight is 439 g/mol. The number of halogens is 1. The first-order valence-corrected chi connectivity index (χ1v) is 11.1. The Hall–Kier alpha value is -2.90. The smallest absolute Gasteiger partial charge is 0.262 e. The van der Waals surface area contributed by atoms with E-state index < -0.39 is 0 Å². The van der Waals surface area contributed by atoms with E-state index in [0.717, 1.165) is 41.7 Å². The lowest BCUT2D eigenvalue weighted by atomic mass is 10.1. The Morgan fingerprint density at radius 2 is 1.97 bits per heavy atom. The van der Waals surface area contributed by atoms with Crippen molar-refractivity contribution in [1.29, 1.82) is 0 Å². The molecule has 0 atom stereocenters. The molecule has 6 nitrogen and oxygen atoms in total. The van der Waals surface area contributed by atoms with E-state index in [2.05, 4.69) is 5.32 Å². The molecule has 1 aromatic heterocycles. The van der Waals surface area contributed by atoms with Crippen LogP contribution in [-0.2, 0) is 4.79 Å². The monoisotopic (exact) mass is 438 g/mol. The lowest BCUT2D eigenvalue weighted by Gasteiger charge is -2.18. The molecule has 2 aliphatic rings. The molecule has 0 radical (unpaired) electrons. The number of rotatable bonds is 3. The Kier molecular flexibility index (Phi) is 5.14. The third kappa shape index (κ3) is 3.78. The maximum atomic E-state index is 11.7. The highest BCUT2D eigenvalue weighted by molar-refractivity contribution is 7.07. The van der Waals surface area contributed by atoms with Crippen molar-refractivity contribution >= 4 is 45.9 Å². The predicted molar refractivity (Wildman–Crippen MR) is 120 cm³/mol. The molecule has 1 saturated carbocycles. The Bertz CT molecular complexity index is 1220. The first-order chi connectivity index (χ1) is 14.7. The minimum atomic E-state index is -0.154. The van der Waals surface area contributed by atoms with Crippen LogP contribution >= 0.6 is 22.9 Å². The molecule has 0 unspecified atom stereocenters. The average Bonchev–Trinajstić information content (AvgIpc) is 3.40. The van der Waals surface area contributed by atoms with Crippen LogP contribution in [0.4, 0.5) is 11.4 Å². The van der Waals surface area contributed by atoms with Crippen molar-refractivity contribution < 1.29 is 9.53 Å². The normalized spacial score (nSPS) is 16.2. The Balaban J connectivity index is 1.65. The van der Waals surface area contributed by atoms with Gasteiger partial charge in [-0.3, -0.25) is 4.79 Å². The van der Waals surface area contributed by atoms with Gasteiger partial charge in [0.1, 0.15) is 5.75 Å². The van der Waals surface area contributed by atoms with Crippen molar-refractivity contribution in [3.8, 4) is 17.0 Å². The number of thiazole rings is 1. The number of para-hydroxylation sites is 1. The second-order valence-electron chi connectivity index (χ2n) is 7.20. The largest absolute Gasteiger partial charge is 0.482 e. The quantitative estimate of drug-likeness (QED) is 0.609. The summed E-state index contributed by atoms with van der Waals surface area (Å²) in [6.45, 7) is 0.0410. The first kappa shape index (κ1) is 19.1. The number of nitrogens with one attached hydrogen (secondary N) is 1. The highest BCUT2D eigenvalue weighted by Gasteiger charge is 2.18. The molecule has 1 aliphatic heterocycles. The van der Waals surface area contributed by atoms with Crippen LogP contribution in [0, 0.1) is 0 Å². The van der Waals surface area contributed by atoms with E-state index in [-0.39, 0.29) is 12.5 Å². The second kappa shape index (κ2) is 8.08. The van der Waals surface area contributed by atoms with Crippen molar-refractivity contribution in [3.63, 3.8) is 0 Å².